The number of thioether (sulfide) groups is 1. The molecule has 0 unspecified atom stereocenters. The summed E-state index contributed by atoms with van der Waals surface area (Å²) in [5.41, 5.74) is 0.347. The first-order valence-corrected chi connectivity index (χ1v) is 9.49. The smallest absolute Gasteiger partial charge is 0.262 e. The zero-order valence-corrected chi connectivity index (χ0v) is 16.5. The number of benzene rings is 1. The molecule has 0 aliphatic rings. The van der Waals surface area contributed by atoms with Crippen LogP contribution in [0.3, 0.4) is 0 Å². The molecule has 0 spiro atoms. The Balaban J connectivity index is 2.19. The molecule has 1 heterocycles. The van der Waals surface area contributed by atoms with E-state index in [1.54, 1.807) is 36.9 Å². The maximum atomic E-state index is 12.7. The third kappa shape index (κ3) is 4.98. The lowest BCUT2D eigenvalue weighted by Gasteiger charge is -2.13. The van der Waals surface area contributed by atoms with Crippen LogP contribution in [0.25, 0.3) is 10.9 Å². The molecule has 0 saturated heterocycles. The first kappa shape index (κ1) is 20.3. The number of carbonyl (C=O) groups is 2. The number of fused-ring (bicyclic) bond motifs is 1. The Bertz CT molecular complexity index is 882. The molecule has 9 heteroatoms. The first-order chi connectivity index (χ1) is 12.3. The minimum Gasteiger partial charge on any atom is -0.347 e. The van der Waals surface area contributed by atoms with Crippen molar-refractivity contribution in [2.24, 2.45) is 0 Å². The monoisotopic (exact) mass is 396 g/mol. The number of hydrogen-bond acceptors (Lipinski definition) is 5. The molecule has 0 aliphatic heterocycles. The molecule has 0 atom stereocenters. The number of hydrogen-bond donors (Lipinski definition) is 1. The predicted octanol–water partition coefficient (Wildman–Crippen LogP) is 1.76. The maximum absolute atomic E-state index is 12.7. The van der Waals surface area contributed by atoms with E-state index >= 15 is 0 Å². The molecule has 0 aliphatic carbocycles. The Morgan fingerprint density at radius 3 is 2.73 bits per heavy atom. The number of amides is 2. The van der Waals surface area contributed by atoms with Crippen molar-refractivity contribution in [2.75, 3.05) is 26.4 Å². The van der Waals surface area contributed by atoms with E-state index in [-0.39, 0.29) is 29.7 Å². The average Bonchev–Trinajstić information content (AvgIpc) is 2.60. The van der Waals surface area contributed by atoms with E-state index in [1.807, 2.05) is 6.92 Å². The summed E-state index contributed by atoms with van der Waals surface area (Å²) in [5.74, 6) is -0.429. The predicted molar refractivity (Wildman–Crippen MR) is 104 cm³/mol. The largest absolute Gasteiger partial charge is 0.347 e. The fourth-order valence-corrected chi connectivity index (χ4v) is 3.24. The van der Waals surface area contributed by atoms with Crippen molar-refractivity contribution in [1.82, 2.24) is 19.8 Å². The zero-order valence-electron chi connectivity index (χ0n) is 14.9. The van der Waals surface area contributed by atoms with Crippen molar-refractivity contribution in [2.45, 2.75) is 25.0 Å². The van der Waals surface area contributed by atoms with Gasteiger partial charge >= 0.3 is 0 Å². The van der Waals surface area contributed by atoms with Gasteiger partial charge in [-0.3, -0.25) is 19.0 Å². The van der Waals surface area contributed by atoms with Crippen LogP contribution in [0.2, 0.25) is 5.02 Å². The zero-order chi connectivity index (χ0) is 19.3. The van der Waals surface area contributed by atoms with E-state index in [1.165, 1.54) is 4.90 Å². The van der Waals surface area contributed by atoms with E-state index in [2.05, 4.69) is 10.3 Å². The number of nitrogens with one attached hydrogen (secondary N) is 1. The van der Waals surface area contributed by atoms with Crippen molar-refractivity contribution >= 4 is 46.1 Å². The Kier molecular flexibility index (Phi) is 7.05. The van der Waals surface area contributed by atoms with Gasteiger partial charge in [0.15, 0.2) is 5.16 Å². The second-order valence-electron chi connectivity index (χ2n) is 5.87. The van der Waals surface area contributed by atoms with Gasteiger partial charge in [-0.15, -0.1) is 0 Å². The van der Waals surface area contributed by atoms with Gasteiger partial charge in [0.1, 0.15) is 0 Å². The Hall–Kier alpha value is -2.06. The third-order valence-electron chi connectivity index (χ3n) is 3.60. The van der Waals surface area contributed by atoms with Gasteiger partial charge in [0.2, 0.25) is 11.8 Å². The molecule has 0 fully saturated rings. The van der Waals surface area contributed by atoms with Crippen LogP contribution in [-0.2, 0) is 16.1 Å². The summed E-state index contributed by atoms with van der Waals surface area (Å²) in [5, 5.41) is 4.01. The molecule has 0 bridgehead atoms. The normalized spacial score (nSPS) is 10.8. The molecule has 26 heavy (non-hydrogen) atoms. The molecular weight excluding hydrogens is 376 g/mol. The summed E-state index contributed by atoms with van der Waals surface area (Å²) in [6.45, 7) is 2.41. The van der Waals surface area contributed by atoms with Crippen LogP contribution < -0.4 is 10.9 Å². The molecule has 7 nitrogen and oxygen atoms in total. The molecule has 1 N–H and O–H groups in total. The highest BCUT2D eigenvalue weighted by atomic mass is 35.5. The van der Waals surface area contributed by atoms with Crippen LogP contribution in [0.4, 0.5) is 0 Å². The second kappa shape index (κ2) is 9.05. The lowest BCUT2D eigenvalue weighted by Crippen LogP contribution is -2.37. The van der Waals surface area contributed by atoms with Gasteiger partial charge < -0.3 is 10.2 Å². The van der Waals surface area contributed by atoms with E-state index in [0.29, 0.717) is 27.6 Å². The highest BCUT2D eigenvalue weighted by molar-refractivity contribution is 7.99. The number of nitrogens with zero attached hydrogens (tertiary/aromatic N) is 3. The van der Waals surface area contributed by atoms with E-state index < -0.39 is 0 Å². The lowest BCUT2D eigenvalue weighted by molar-refractivity contribution is -0.130. The quantitative estimate of drug-likeness (QED) is 0.569. The summed E-state index contributed by atoms with van der Waals surface area (Å²) in [6.07, 6.45) is 0.762. The summed E-state index contributed by atoms with van der Waals surface area (Å²) in [4.78, 5) is 42.1. The Morgan fingerprint density at radius 2 is 2.08 bits per heavy atom. The third-order valence-corrected chi connectivity index (χ3v) is 4.81. The van der Waals surface area contributed by atoms with Crippen molar-refractivity contribution in [3.05, 3.63) is 33.6 Å². The maximum Gasteiger partial charge on any atom is 0.262 e. The van der Waals surface area contributed by atoms with Gasteiger partial charge in [0.05, 0.1) is 23.2 Å². The summed E-state index contributed by atoms with van der Waals surface area (Å²) in [7, 11) is 3.24. The highest BCUT2D eigenvalue weighted by Crippen LogP contribution is 2.20. The van der Waals surface area contributed by atoms with Gasteiger partial charge in [-0.25, -0.2) is 4.98 Å². The number of likely N-dealkylation sites (N-methyl/N-ethyl adjacent to an activating group) is 1. The standard InChI is InChI=1S/C17H21ClN4O3S/c1-4-7-22-16(25)12-6-5-11(18)8-13(12)20-17(22)26-10-14(23)19-9-15(24)21(2)3/h5-6,8H,4,7,9-10H2,1-3H3,(H,19,23). The molecule has 140 valence electrons. The van der Waals surface area contributed by atoms with Crippen LogP contribution in [0.15, 0.2) is 28.2 Å². The van der Waals surface area contributed by atoms with Crippen LogP contribution in [-0.4, -0.2) is 52.7 Å². The van der Waals surface area contributed by atoms with E-state index in [0.717, 1.165) is 18.2 Å². The first-order valence-electron chi connectivity index (χ1n) is 8.13. The van der Waals surface area contributed by atoms with Crippen LogP contribution in [0, 0.1) is 0 Å². The highest BCUT2D eigenvalue weighted by Gasteiger charge is 2.14. The van der Waals surface area contributed by atoms with Crippen LogP contribution in [0.1, 0.15) is 13.3 Å². The Labute approximate surface area is 160 Å². The minimum absolute atomic E-state index is 0.0585. The topological polar surface area (TPSA) is 84.3 Å². The van der Waals surface area contributed by atoms with Crippen molar-refractivity contribution in [1.29, 1.82) is 0 Å². The lowest BCUT2D eigenvalue weighted by atomic mass is 10.2. The van der Waals surface area contributed by atoms with Crippen molar-refractivity contribution < 1.29 is 9.59 Å². The summed E-state index contributed by atoms with van der Waals surface area (Å²) >= 11 is 7.15. The molecule has 1 aromatic carbocycles. The van der Waals surface area contributed by atoms with Gasteiger partial charge in [0.25, 0.3) is 5.56 Å². The molecular formula is C17H21ClN4O3S. The second-order valence-corrected chi connectivity index (χ2v) is 7.25. The Morgan fingerprint density at radius 1 is 1.35 bits per heavy atom. The number of rotatable bonds is 7. The molecule has 2 aromatic rings. The van der Waals surface area contributed by atoms with Crippen LogP contribution in [0.5, 0.6) is 0 Å². The molecule has 1 aromatic heterocycles. The summed E-state index contributed by atoms with van der Waals surface area (Å²) < 4.78 is 1.57. The molecule has 0 radical (unpaired) electrons. The van der Waals surface area contributed by atoms with Gasteiger partial charge in [-0.2, -0.15) is 0 Å². The number of aromatic nitrogens is 2. The number of carbonyl (C=O) groups excluding carboxylic acids is 2. The van der Waals surface area contributed by atoms with Gasteiger partial charge in [-0.05, 0) is 24.6 Å². The van der Waals surface area contributed by atoms with Crippen molar-refractivity contribution in [3.63, 3.8) is 0 Å². The van der Waals surface area contributed by atoms with Gasteiger partial charge in [-0.1, -0.05) is 30.3 Å². The SMILES string of the molecule is CCCn1c(SCC(=O)NCC(=O)N(C)C)nc2cc(Cl)ccc2c1=O. The summed E-state index contributed by atoms with van der Waals surface area (Å²) in [6, 6.07) is 4.95. The molecule has 2 amide bonds. The minimum atomic E-state index is -0.298. The van der Waals surface area contributed by atoms with E-state index in [4.69, 9.17) is 11.6 Å². The van der Waals surface area contributed by atoms with E-state index in [9.17, 15) is 14.4 Å². The van der Waals surface area contributed by atoms with Crippen molar-refractivity contribution in [3.8, 4) is 0 Å². The molecule has 2 rings (SSSR count). The fraction of sp³-hybridized carbons (Fsp3) is 0.412. The number of halogens is 1. The molecule has 0 saturated carbocycles. The fourth-order valence-electron chi connectivity index (χ4n) is 2.22. The average molecular weight is 397 g/mol. The van der Waals surface area contributed by atoms with Gasteiger partial charge in [0, 0.05) is 25.7 Å². The van der Waals surface area contributed by atoms with Crippen LogP contribution >= 0.6 is 23.4 Å².